The Balaban J connectivity index is 1.21. The minimum atomic E-state index is -0.175. The summed E-state index contributed by atoms with van der Waals surface area (Å²) in [5, 5.41) is 0. The first-order valence-corrected chi connectivity index (χ1v) is 10.5. The molecule has 2 aromatic carbocycles. The van der Waals surface area contributed by atoms with E-state index in [4.69, 9.17) is 4.42 Å². The maximum absolute atomic E-state index is 13.5. The Morgan fingerprint density at radius 3 is 2.00 bits per heavy atom. The molecular formula is C25H22N2O3. The number of furan rings is 1. The molecule has 1 aromatic heterocycles. The van der Waals surface area contributed by atoms with Gasteiger partial charge in [0.1, 0.15) is 0 Å². The molecule has 1 aliphatic heterocycles. The number of rotatable bonds is 2. The molecule has 3 aromatic rings. The van der Waals surface area contributed by atoms with Gasteiger partial charge in [0.25, 0.3) is 5.91 Å². The van der Waals surface area contributed by atoms with Crippen LogP contribution in [0, 0.1) is 5.92 Å². The summed E-state index contributed by atoms with van der Waals surface area (Å²) >= 11 is 0. The van der Waals surface area contributed by atoms with Crippen molar-refractivity contribution < 1.29 is 14.0 Å². The lowest BCUT2D eigenvalue weighted by atomic mass is 9.90. The summed E-state index contributed by atoms with van der Waals surface area (Å²) in [4.78, 5) is 29.6. The summed E-state index contributed by atoms with van der Waals surface area (Å²) in [7, 11) is 0. The number of hydrogen-bond acceptors (Lipinski definition) is 3. The minimum absolute atomic E-state index is 0.0189. The second kappa shape index (κ2) is 6.33. The molecule has 2 fully saturated rings. The van der Waals surface area contributed by atoms with E-state index in [1.807, 2.05) is 4.90 Å². The maximum atomic E-state index is 13.5. The average Bonchev–Trinajstić information content (AvgIpc) is 3.17. The largest absolute Gasteiger partial charge is 0.459 e. The quantitative estimate of drug-likeness (QED) is 0.663. The number of hydrogen-bond donors (Lipinski definition) is 0. The predicted octanol–water partition coefficient (Wildman–Crippen LogP) is 3.55. The third-order valence-electron chi connectivity index (χ3n) is 6.97. The third-order valence-corrected chi connectivity index (χ3v) is 6.97. The highest BCUT2D eigenvalue weighted by Crippen LogP contribution is 2.66. The second-order valence-electron chi connectivity index (χ2n) is 8.41. The SMILES string of the molecule is O=C(c1ccco1)N1CCN(C(=O)C2CC23c2ccccc2-c2ccccc23)CC1. The van der Waals surface area contributed by atoms with Crippen molar-refractivity contribution in [2.24, 2.45) is 5.92 Å². The minimum Gasteiger partial charge on any atom is -0.459 e. The number of nitrogens with zero attached hydrogens (tertiary/aromatic N) is 2. The summed E-state index contributed by atoms with van der Waals surface area (Å²) in [6.45, 7) is 2.22. The van der Waals surface area contributed by atoms with Gasteiger partial charge in [-0.15, -0.1) is 0 Å². The van der Waals surface area contributed by atoms with Crippen LogP contribution < -0.4 is 0 Å². The highest BCUT2D eigenvalue weighted by molar-refractivity contribution is 5.94. The number of carbonyl (C=O) groups excluding carboxylic acids is 2. The van der Waals surface area contributed by atoms with Gasteiger partial charge in [-0.1, -0.05) is 48.5 Å². The molecular weight excluding hydrogens is 376 g/mol. The molecule has 2 heterocycles. The van der Waals surface area contributed by atoms with Crippen LogP contribution in [0.5, 0.6) is 0 Å². The van der Waals surface area contributed by atoms with E-state index >= 15 is 0 Å². The van der Waals surface area contributed by atoms with Gasteiger partial charge >= 0.3 is 0 Å². The highest BCUT2D eigenvalue weighted by atomic mass is 16.3. The summed E-state index contributed by atoms with van der Waals surface area (Å²) in [6.07, 6.45) is 2.38. The van der Waals surface area contributed by atoms with Gasteiger partial charge < -0.3 is 14.2 Å². The number of fused-ring (bicyclic) bond motifs is 5. The van der Waals surface area contributed by atoms with E-state index in [0.717, 1.165) is 6.42 Å². The van der Waals surface area contributed by atoms with E-state index in [-0.39, 0.29) is 23.1 Å². The van der Waals surface area contributed by atoms with Gasteiger partial charge in [0.05, 0.1) is 12.2 Å². The molecule has 5 nitrogen and oxygen atoms in total. The molecule has 1 saturated carbocycles. The van der Waals surface area contributed by atoms with E-state index in [1.54, 1.807) is 17.0 Å². The smallest absolute Gasteiger partial charge is 0.289 e. The molecule has 1 atom stereocenters. The van der Waals surface area contributed by atoms with Crippen molar-refractivity contribution in [3.63, 3.8) is 0 Å². The fourth-order valence-electron chi connectivity index (χ4n) is 5.42. The maximum Gasteiger partial charge on any atom is 0.289 e. The summed E-state index contributed by atoms with van der Waals surface area (Å²) in [5.41, 5.74) is 4.92. The number of amides is 2. The first-order chi connectivity index (χ1) is 14.7. The third kappa shape index (κ3) is 2.35. The van der Waals surface area contributed by atoms with Crippen molar-refractivity contribution in [1.82, 2.24) is 9.80 Å². The van der Waals surface area contributed by atoms with E-state index in [2.05, 4.69) is 48.5 Å². The Morgan fingerprint density at radius 1 is 0.800 bits per heavy atom. The van der Waals surface area contributed by atoms with Gasteiger partial charge in [0, 0.05) is 31.6 Å². The van der Waals surface area contributed by atoms with Crippen LogP contribution >= 0.6 is 0 Å². The molecule has 1 saturated heterocycles. The summed E-state index contributed by atoms with van der Waals surface area (Å²) in [6, 6.07) is 20.4. The normalized spacial score (nSPS) is 20.7. The van der Waals surface area contributed by atoms with E-state index in [0.29, 0.717) is 31.9 Å². The van der Waals surface area contributed by atoms with Gasteiger partial charge in [0.2, 0.25) is 5.91 Å². The van der Waals surface area contributed by atoms with Crippen LogP contribution in [0.2, 0.25) is 0 Å². The van der Waals surface area contributed by atoms with E-state index < -0.39 is 0 Å². The van der Waals surface area contributed by atoms with Crippen LogP contribution in [-0.2, 0) is 10.2 Å². The fourth-order valence-corrected chi connectivity index (χ4v) is 5.42. The zero-order chi connectivity index (χ0) is 20.3. The van der Waals surface area contributed by atoms with Gasteiger partial charge in [-0.25, -0.2) is 0 Å². The molecule has 1 unspecified atom stereocenters. The lowest BCUT2D eigenvalue weighted by Crippen LogP contribution is -2.51. The summed E-state index contributed by atoms with van der Waals surface area (Å²) < 4.78 is 5.23. The molecule has 2 aliphatic carbocycles. The Bertz CT molecular complexity index is 1100. The highest BCUT2D eigenvalue weighted by Gasteiger charge is 2.64. The van der Waals surface area contributed by atoms with Crippen LogP contribution in [0.3, 0.4) is 0 Å². The standard InChI is InChI=1S/C25H22N2O3/c28-23(26-11-13-27(14-12-26)24(29)22-10-5-15-30-22)21-16-25(21)19-8-3-1-6-17(19)18-7-2-4-9-20(18)25/h1-10,15,21H,11-14,16H2. The zero-order valence-electron chi connectivity index (χ0n) is 16.6. The molecule has 1 spiro atoms. The van der Waals surface area contributed by atoms with Gasteiger partial charge in [-0.05, 0) is 40.8 Å². The number of carbonyl (C=O) groups is 2. The topological polar surface area (TPSA) is 53.8 Å². The van der Waals surface area contributed by atoms with Crippen molar-refractivity contribution in [3.8, 4) is 11.1 Å². The van der Waals surface area contributed by atoms with Crippen LogP contribution in [0.25, 0.3) is 11.1 Å². The van der Waals surface area contributed by atoms with Crippen molar-refractivity contribution in [3.05, 3.63) is 83.8 Å². The van der Waals surface area contributed by atoms with Crippen molar-refractivity contribution in [2.45, 2.75) is 11.8 Å². The molecule has 150 valence electrons. The Hall–Kier alpha value is -3.34. The van der Waals surface area contributed by atoms with Gasteiger partial charge in [-0.3, -0.25) is 9.59 Å². The van der Waals surface area contributed by atoms with Gasteiger partial charge in [-0.2, -0.15) is 0 Å². The first-order valence-electron chi connectivity index (χ1n) is 10.5. The predicted molar refractivity (Wildman–Crippen MR) is 112 cm³/mol. The van der Waals surface area contributed by atoms with Crippen molar-refractivity contribution in [2.75, 3.05) is 26.2 Å². The van der Waals surface area contributed by atoms with Crippen molar-refractivity contribution >= 4 is 11.8 Å². The second-order valence-corrected chi connectivity index (χ2v) is 8.41. The molecule has 30 heavy (non-hydrogen) atoms. The molecule has 3 aliphatic rings. The van der Waals surface area contributed by atoms with Crippen LogP contribution in [0.4, 0.5) is 0 Å². The Labute approximate surface area is 174 Å². The Morgan fingerprint density at radius 2 is 1.40 bits per heavy atom. The average molecular weight is 398 g/mol. The molecule has 6 rings (SSSR count). The van der Waals surface area contributed by atoms with Crippen molar-refractivity contribution in [1.29, 1.82) is 0 Å². The molecule has 0 bridgehead atoms. The van der Waals surface area contributed by atoms with Crippen LogP contribution in [-0.4, -0.2) is 47.8 Å². The zero-order valence-corrected chi connectivity index (χ0v) is 16.6. The fraction of sp³-hybridized carbons (Fsp3) is 0.280. The monoisotopic (exact) mass is 398 g/mol. The van der Waals surface area contributed by atoms with E-state index in [9.17, 15) is 9.59 Å². The molecule has 5 heteroatoms. The Kier molecular flexibility index (Phi) is 3.69. The summed E-state index contributed by atoms with van der Waals surface area (Å²) in [5.74, 6) is 0.449. The van der Waals surface area contributed by atoms with Crippen LogP contribution in [0.1, 0.15) is 28.1 Å². The van der Waals surface area contributed by atoms with Crippen LogP contribution in [0.15, 0.2) is 71.3 Å². The first kappa shape index (κ1) is 17.5. The van der Waals surface area contributed by atoms with E-state index in [1.165, 1.54) is 28.5 Å². The lowest BCUT2D eigenvalue weighted by molar-refractivity contribution is -0.134. The number of piperazine rings is 1. The molecule has 0 N–H and O–H groups in total. The molecule has 2 amide bonds. The number of benzene rings is 2. The van der Waals surface area contributed by atoms with Gasteiger partial charge in [0.15, 0.2) is 5.76 Å². The lowest BCUT2D eigenvalue weighted by Gasteiger charge is -2.35. The molecule has 0 radical (unpaired) electrons.